The number of hydrogen-bond acceptors (Lipinski definition) is 1. The molecule has 0 amide bonds. The van der Waals surface area contributed by atoms with Gasteiger partial charge in [0, 0.05) is 0 Å². The Morgan fingerprint density at radius 1 is 1.40 bits per heavy atom. The number of rotatable bonds is 0. The lowest BCUT2D eigenvalue weighted by Crippen LogP contribution is -2.36. The summed E-state index contributed by atoms with van der Waals surface area (Å²) in [5.41, 5.74) is 2.00. The van der Waals surface area contributed by atoms with Crippen LogP contribution in [-0.4, -0.2) is 11.7 Å². The standard InChI is InChI=1S/C14H20O/c1-8-3-4-11-10-6-13(12(11)5-8)14(7-10)9(2)15-14/h3,9-13H,4-7H2,1-2H3/t9?,10?,11-,12-,13?,14?/m1/s1. The molecule has 0 N–H and O–H groups in total. The van der Waals surface area contributed by atoms with Crippen LogP contribution < -0.4 is 0 Å². The summed E-state index contributed by atoms with van der Waals surface area (Å²) >= 11 is 0. The van der Waals surface area contributed by atoms with Crippen molar-refractivity contribution >= 4 is 0 Å². The van der Waals surface area contributed by atoms with Crippen LogP contribution in [0, 0.1) is 23.7 Å². The fraction of sp³-hybridized carbons (Fsp3) is 0.857. The van der Waals surface area contributed by atoms with Gasteiger partial charge in [-0.3, -0.25) is 0 Å². The second-order valence-electron chi connectivity index (χ2n) is 6.34. The lowest BCUT2D eigenvalue weighted by atomic mass is 9.67. The summed E-state index contributed by atoms with van der Waals surface area (Å²) in [4.78, 5) is 0. The highest BCUT2D eigenvalue weighted by atomic mass is 16.6. The third-order valence-electron chi connectivity index (χ3n) is 5.76. The highest BCUT2D eigenvalue weighted by Gasteiger charge is 2.70. The Kier molecular flexibility index (Phi) is 1.47. The number of epoxide rings is 1. The first kappa shape index (κ1) is 8.81. The molecule has 1 saturated heterocycles. The maximum absolute atomic E-state index is 5.96. The number of fused-ring (bicyclic) bond motifs is 6. The molecular formula is C14H20O. The molecule has 1 spiro atoms. The van der Waals surface area contributed by atoms with E-state index in [2.05, 4.69) is 19.9 Å². The Morgan fingerprint density at radius 2 is 2.20 bits per heavy atom. The van der Waals surface area contributed by atoms with E-state index in [-0.39, 0.29) is 0 Å². The molecule has 4 unspecified atom stereocenters. The fourth-order valence-corrected chi connectivity index (χ4v) is 5.03. The summed E-state index contributed by atoms with van der Waals surface area (Å²) in [5.74, 6) is 3.89. The summed E-state index contributed by atoms with van der Waals surface area (Å²) in [6, 6.07) is 0. The summed E-state index contributed by atoms with van der Waals surface area (Å²) in [7, 11) is 0. The lowest BCUT2D eigenvalue weighted by molar-refractivity contribution is 0.114. The average molecular weight is 204 g/mol. The monoisotopic (exact) mass is 204 g/mol. The Morgan fingerprint density at radius 3 is 2.93 bits per heavy atom. The summed E-state index contributed by atoms with van der Waals surface area (Å²) in [6.07, 6.45) is 8.64. The maximum Gasteiger partial charge on any atom is 0.0979 e. The van der Waals surface area contributed by atoms with Crippen molar-refractivity contribution < 1.29 is 4.74 Å². The van der Waals surface area contributed by atoms with Crippen molar-refractivity contribution in [3.05, 3.63) is 11.6 Å². The molecule has 2 saturated carbocycles. The van der Waals surface area contributed by atoms with Crippen LogP contribution in [0.25, 0.3) is 0 Å². The zero-order valence-corrected chi connectivity index (χ0v) is 9.70. The van der Waals surface area contributed by atoms with E-state index in [4.69, 9.17) is 4.74 Å². The Hall–Kier alpha value is -0.300. The van der Waals surface area contributed by atoms with Crippen molar-refractivity contribution in [1.82, 2.24) is 0 Å². The van der Waals surface area contributed by atoms with E-state index in [1.165, 1.54) is 25.7 Å². The van der Waals surface area contributed by atoms with Crippen molar-refractivity contribution in [2.45, 2.75) is 51.2 Å². The molecule has 6 atom stereocenters. The molecule has 82 valence electrons. The van der Waals surface area contributed by atoms with Crippen LogP contribution in [0.4, 0.5) is 0 Å². The van der Waals surface area contributed by atoms with Crippen LogP contribution in [-0.2, 0) is 4.74 Å². The molecule has 1 aliphatic heterocycles. The van der Waals surface area contributed by atoms with E-state index in [0.29, 0.717) is 11.7 Å². The van der Waals surface area contributed by atoms with Gasteiger partial charge in [0.2, 0.25) is 0 Å². The van der Waals surface area contributed by atoms with Gasteiger partial charge in [0.05, 0.1) is 11.7 Å². The van der Waals surface area contributed by atoms with E-state index in [9.17, 15) is 0 Å². The molecule has 0 aromatic heterocycles. The number of ether oxygens (including phenoxy) is 1. The average Bonchev–Trinajstić information content (AvgIpc) is 2.61. The molecule has 1 heterocycles. The van der Waals surface area contributed by atoms with Crippen LogP contribution in [0.15, 0.2) is 11.6 Å². The molecule has 3 aliphatic carbocycles. The number of hydrogen-bond donors (Lipinski definition) is 0. The normalized spacial score (nSPS) is 60.7. The number of allylic oxidation sites excluding steroid dienone is 2. The van der Waals surface area contributed by atoms with Crippen molar-refractivity contribution in [3.63, 3.8) is 0 Å². The highest BCUT2D eigenvalue weighted by Crippen LogP contribution is 2.68. The van der Waals surface area contributed by atoms with Gasteiger partial charge in [-0.25, -0.2) is 0 Å². The zero-order valence-electron chi connectivity index (χ0n) is 9.70. The van der Waals surface area contributed by atoms with E-state index < -0.39 is 0 Å². The summed E-state index contributed by atoms with van der Waals surface area (Å²) < 4.78 is 5.96. The fourth-order valence-electron chi connectivity index (χ4n) is 5.03. The smallest absolute Gasteiger partial charge is 0.0979 e. The topological polar surface area (TPSA) is 12.5 Å². The van der Waals surface area contributed by atoms with Gasteiger partial charge in [-0.2, -0.15) is 0 Å². The van der Waals surface area contributed by atoms with Gasteiger partial charge in [-0.15, -0.1) is 0 Å². The van der Waals surface area contributed by atoms with Crippen LogP contribution in [0.2, 0.25) is 0 Å². The van der Waals surface area contributed by atoms with Crippen molar-refractivity contribution in [3.8, 4) is 0 Å². The molecule has 0 radical (unpaired) electrons. The van der Waals surface area contributed by atoms with E-state index >= 15 is 0 Å². The van der Waals surface area contributed by atoms with Gasteiger partial charge in [-0.1, -0.05) is 11.6 Å². The van der Waals surface area contributed by atoms with E-state index in [1.54, 1.807) is 5.57 Å². The first-order chi connectivity index (χ1) is 7.21. The van der Waals surface area contributed by atoms with E-state index in [0.717, 1.165) is 23.7 Å². The van der Waals surface area contributed by atoms with Gasteiger partial charge in [0.15, 0.2) is 0 Å². The zero-order chi connectivity index (χ0) is 10.2. The van der Waals surface area contributed by atoms with Crippen molar-refractivity contribution in [1.29, 1.82) is 0 Å². The molecule has 1 heteroatoms. The molecule has 0 aromatic rings. The Bertz CT molecular complexity index is 345. The molecular weight excluding hydrogens is 184 g/mol. The SMILES string of the molecule is CC1=CC[C@@H]2C3CC([C@@H]2C1)C1(C3)OC1C. The molecule has 4 rings (SSSR count). The van der Waals surface area contributed by atoms with Crippen molar-refractivity contribution in [2.24, 2.45) is 23.7 Å². The second-order valence-corrected chi connectivity index (χ2v) is 6.34. The predicted molar refractivity (Wildman–Crippen MR) is 59.5 cm³/mol. The van der Waals surface area contributed by atoms with E-state index in [1.807, 2.05) is 0 Å². The van der Waals surface area contributed by atoms with Crippen LogP contribution in [0.1, 0.15) is 39.5 Å². The van der Waals surface area contributed by atoms with Crippen LogP contribution in [0.5, 0.6) is 0 Å². The Labute approximate surface area is 91.9 Å². The first-order valence-electron chi connectivity index (χ1n) is 6.54. The second kappa shape index (κ2) is 2.51. The highest BCUT2D eigenvalue weighted by molar-refractivity contribution is 5.22. The minimum absolute atomic E-state index is 0.365. The molecule has 15 heavy (non-hydrogen) atoms. The van der Waals surface area contributed by atoms with Gasteiger partial charge in [-0.05, 0) is 63.2 Å². The minimum atomic E-state index is 0.365. The van der Waals surface area contributed by atoms with Crippen molar-refractivity contribution in [2.75, 3.05) is 0 Å². The van der Waals surface area contributed by atoms with Gasteiger partial charge in [0.25, 0.3) is 0 Å². The molecule has 1 nitrogen and oxygen atoms in total. The third-order valence-corrected chi connectivity index (χ3v) is 5.76. The Balaban J connectivity index is 1.68. The molecule has 4 aliphatic rings. The lowest BCUT2D eigenvalue weighted by Gasteiger charge is -2.37. The third kappa shape index (κ3) is 0.939. The molecule has 0 aromatic carbocycles. The van der Waals surface area contributed by atoms with Crippen LogP contribution in [0.3, 0.4) is 0 Å². The minimum Gasteiger partial charge on any atom is -0.366 e. The van der Waals surface area contributed by atoms with Gasteiger partial charge >= 0.3 is 0 Å². The van der Waals surface area contributed by atoms with Crippen LogP contribution >= 0.6 is 0 Å². The predicted octanol–water partition coefficient (Wildman–Crippen LogP) is 3.16. The molecule has 2 bridgehead atoms. The molecule has 3 fully saturated rings. The van der Waals surface area contributed by atoms with Gasteiger partial charge < -0.3 is 4.74 Å². The largest absolute Gasteiger partial charge is 0.366 e. The summed E-state index contributed by atoms with van der Waals surface area (Å²) in [5, 5.41) is 0. The quantitative estimate of drug-likeness (QED) is 0.436. The summed E-state index contributed by atoms with van der Waals surface area (Å²) in [6.45, 7) is 4.59. The first-order valence-corrected chi connectivity index (χ1v) is 6.54. The van der Waals surface area contributed by atoms with Gasteiger partial charge in [0.1, 0.15) is 0 Å². The maximum atomic E-state index is 5.96.